The molecule has 0 aliphatic heterocycles. The third kappa shape index (κ3) is 2.76. The Hall–Kier alpha value is -0.570. The van der Waals surface area contributed by atoms with Crippen LogP contribution in [-0.4, -0.2) is 12.6 Å². The van der Waals surface area contributed by atoms with Gasteiger partial charge in [-0.3, -0.25) is 0 Å². The maximum absolute atomic E-state index is 11.5. The average molecular weight is 287 g/mol. The molecular weight excluding hydrogens is 268 g/mol. The molecule has 0 fully saturated rings. The van der Waals surface area contributed by atoms with E-state index < -0.39 is 0 Å². The molecule has 0 aromatic rings. The van der Waals surface area contributed by atoms with E-state index in [0.29, 0.717) is 17.0 Å². The van der Waals surface area contributed by atoms with Crippen LogP contribution in [0, 0.1) is 11.3 Å². The number of carbonyl (C=O) groups excluding carboxylic acids is 1. The van der Waals surface area contributed by atoms with Crippen molar-refractivity contribution in [2.45, 2.75) is 34.1 Å². The molecule has 0 bridgehead atoms. The zero-order chi connectivity index (χ0) is 12.3. The molecule has 0 radical (unpaired) electrons. The minimum atomic E-state index is -0.275. The van der Waals surface area contributed by atoms with Gasteiger partial charge in [-0.15, -0.1) is 0 Å². The fourth-order valence-electron chi connectivity index (χ4n) is 1.87. The maximum atomic E-state index is 11.5. The van der Waals surface area contributed by atoms with E-state index in [1.165, 1.54) is 5.57 Å². The van der Waals surface area contributed by atoms with E-state index in [1.54, 1.807) is 0 Å². The Labute approximate surface area is 106 Å². The largest absolute Gasteiger partial charge is 0.462 e. The molecule has 0 saturated heterocycles. The SMILES string of the molecule is CCOC(=O)/C(Br)=C\C1CC=C(C)C1(C)C. The van der Waals surface area contributed by atoms with Crippen LogP contribution >= 0.6 is 15.9 Å². The zero-order valence-corrected chi connectivity index (χ0v) is 11.9. The highest BCUT2D eigenvalue weighted by Crippen LogP contribution is 2.44. The summed E-state index contributed by atoms with van der Waals surface area (Å²) >= 11 is 3.29. The quantitative estimate of drug-likeness (QED) is 0.448. The monoisotopic (exact) mass is 286 g/mol. The van der Waals surface area contributed by atoms with Gasteiger partial charge in [0.25, 0.3) is 0 Å². The summed E-state index contributed by atoms with van der Waals surface area (Å²) in [5, 5.41) is 0. The van der Waals surface area contributed by atoms with Crippen LogP contribution in [0.15, 0.2) is 22.2 Å². The van der Waals surface area contributed by atoms with E-state index in [2.05, 4.69) is 42.8 Å². The Morgan fingerprint density at radius 3 is 2.75 bits per heavy atom. The van der Waals surface area contributed by atoms with Gasteiger partial charge in [0.1, 0.15) is 0 Å². The minimum Gasteiger partial charge on any atom is -0.462 e. The van der Waals surface area contributed by atoms with Crippen LogP contribution in [0.3, 0.4) is 0 Å². The molecule has 0 N–H and O–H groups in total. The summed E-state index contributed by atoms with van der Waals surface area (Å²) in [7, 11) is 0. The number of allylic oxidation sites excluding steroid dienone is 3. The molecule has 1 atom stereocenters. The summed E-state index contributed by atoms with van der Waals surface area (Å²) < 4.78 is 5.48. The lowest BCUT2D eigenvalue weighted by atomic mass is 9.77. The van der Waals surface area contributed by atoms with Gasteiger partial charge in [-0.05, 0) is 47.5 Å². The van der Waals surface area contributed by atoms with Crippen molar-refractivity contribution in [2.24, 2.45) is 11.3 Å². The molecule has 0 saturated carbocycles. The van der Waals surface area contributed by atoms with E-state index in [0.717, 1.165) is 6.42 Å². The van der Waals surface area contributed by atoms with Crippen LogP contribution in [0.2, 0.25) is 0 Å². The first-order valence-electron chi connectivity index (χ1n) is 5.61. The number of hydrogen-bond acceptors (Lipinski definition) is 2. The number of esters is 1. The topological polar surface area (TPSA) is 26.3 Å². The van der Waals surface area contributed by atoms with Crippen LogP contribution in [0.25, 0.3) is 0 Å². The van der Waals surface area contributed by atoms with Gasteiger partial charge >= 0.3 is 5.97 Å². The van der Waals surface area contributed by atoms with Gasteiger partial charge in [0.15, 0.2) is 0 Å². The Kier molecular flexibility index (Phi) is 4.36. The molecule has 0 heterocycles. The molecule has 0 spiro atoms. The molecule has 1 rings (SSSR count). The molecular formula is C13H19BrO2. The third-order valence-corrected chi connectivity index (χ3v) is 4.03. The van der Waals surface area contributed by atoms with Crippen molar-refractivity contribution >= 4 is 21.9 Å². The van der Waals surface area contributed by atoms with Crippen LogP contribution in [-0.2, 0) is 9.53 Å². The van der Waals surface area contributed by atoms with Crippen LogP contribution in [0.4, 0.5) is 0 Å². The van der Waals surface area contributed by atoms with E-state index in [4.69, 9.17) is 4.74 Å². The summed E-state index contributed by atoms with van der Waals surface area (Å²) in [5.74, 6) is 0.0918. The molecule has 90 valence electrons. The van der Waals surface area contributed by atoms with Crippen molar-refractivity contribution in [3.05, 3.63) is 22.2 Å². The Morgan fingerprint density at radius 2 is 2.31 bits per heavy atom. The lowest BCUT2D eigenvalue weighted by Gasteiger charge is -2.27. The summed E-state index contributed by atoms with van der Waals surface area (Å²) in [6.07, 6.45) is 5.21. The van der Waals surface area contributed by atoms with Gasteiger partial charge < -0.3 is 4.74 Å². The Morgan fingerprint density at radius 1 is 1.69 bits per heavy atom. The van der Waals surface area contributed by atoms with Gasteiger partial charge in [0.05, 0.1) is 11.1 Å². The summed E-state index contributed by atoms with van der Waals surface area (Å²) in [6.45, 7) is 8.78. The highest BCUT2D eigenvalue weighted by Gasteiger charge is 2.34. The second-order valence-electron chi connectivity index (χ2n) is 4.69. The smallest absolute Gasteiger partial charge is 0.344 e. The zero-order valence-electron chi connectivity index (χ0n) is 10.3. The minimum absolute atomic E-state index is 0.130. The second-order valence-corrected chi connectivity index (χ2v) is 5.54. The molecule has 16 heavy (non-hydrogen) atoms. The molecule has 1 aliphatic rings. The molecule has 0 amide bonds. The van der Waals surface area contributed by atoms with E-state index in [9.17, 15) is 4.79 Å². The molecule has 2 nitrogen and oxygen atoms in total. The summed E-state index contributed by atoms with van der Waals surface area (Å²) in [6, 6.07) is 0. The third-order valence-electron chi connectivity index (χ3n) is 3.44. The molecule has 0 aromatic carbocycles. The van der Waals surface area contributed by atoms with Gasteiger partial charge in [0.2, 0.25) is 0 Å². The van der Waals surface area contributed by atoms with Crippen LogP contribution < -0.4 is 0 Å². The lowest BCUT2D eigenvalue weighted by Crippen LogP contribution is -2.19. The number of carbonyl (C=O) groups is 1. The fraction of sp³-hybridized carbons (Fsp3) is 0.615. The highest BCUT2D eigenvalue weighted by atomic mass is 79.9. The van der Waals surface area contributed by atoms with E-state index >= 15 is 0 Å². The number of hydrogen-bond donors (Lipinski definition) is 0. The Bertz CT molecular complexity index is 340. The van der Waals surface area contributed by atoms with Crippen molar-refractivity contribution < 1.29 is 9.53 Å². The van der Waals surface area contributed by atoms with Crippen LogP contribution in [0.5, 0.6) is 0 Å². The number of ether oxygens (including phenoxy) is 1. The van der Waals surface area contributed by atoms with Crippen molar-refractivity contribution in [3.63, 3.8) is 0 Å². The summed E-state index contributed by atoms with van der Waals surface area (Å²) in [5.41, 5.74) is 1.52. The second kappa shape index (κ2) is 5.17. The van der Waals surface area contributed by atoms with E-state index in [1.807, 2.05) is 13.0 Å². The fourth-order valence-corrected chi connectivity index (χ4v) is 2.31. The van der Waals surface area contributed by atoms with Crippen molar-refractivity contribution in [3.8, 4) is 0 Å². The highest BCUT2D eigenvalue weighted by molar-refractivity contribution is 9.12. The maximum Gasteiger partial charge on any atom is 0.344 e. The van der Waals surface area contributed by atoms with Gasteiger partial charge in [-0.25, -0.2) is 4.79 Å². The van der Waals surface area contributed by atoms with Gasteiger partial charge in [0, 0.05) is 0 Å². The lowest BCUT2D eigenvalue weighted by molar-refractivity contribution is -0.137. The number of halogens is 1. The standard InChI is InChI=1S/C13H19BrO2/c1-5-16-12(15)11(14)8-10-7-6-9(2)13(10,3)4/h6,8,10H,5,7H2,1-4H3/b11-8+. The molecule has 3 heteroatoms. The first kappa shape index (κ1) is 13.5. The summed E-state index contributed by atoms with van der Waals surface area (Å²) in [4.78, 5) is 11.5. The first-order valence-corrected chi connectivity index (χ1v) is 6.40. The van der Waals surface area contributed by atoms with Crippen LogP contribution in [0.1, 0.15) is 34.1 Å². The van der Waals surface area contributed by atoms with Crippen molar-refractivity contribution in [1.82, 2.24) is 0 Å². The van der Waals surface area contributed by atoms with Gasteiger partial charge in [-0.2, -0.15) is 0 Å². The first-order chi connectivity index (χ1) is 7.39. The predicted molar refractivity (Wildman–Crippen MR) is 69.3 cm³/mol. The Balaban J connectivity index is 2.75. The molecule has 1 unspecified atom stereocenters. The van der Waals surface area contributed by atoms with Gasteiger partial charge in [-0.1, -0.05) is 31.6 Å². The predicted octanol–water partition coefficient (Wildman–Crippen LogP) is 3.82. The normalized spacial score (nSPS) is 24.2. The molecule has 0 aromatic heterocycles. The average Bonchev–Trinajstić information content (AvgIpc) is 2.45. The van der Waals surface area contributed by atoms with Crippen molar-refractivity contribution in [2.75, 3.05) is 6.61 Å². The molecule has 1 aliphatic carbocycles. The van der Waals surface area contributed by atoms with Crippen molar-refractivity contribution in [1.29, 1.82) is 0 Å². The van der Waals surface area contributed by atoms with E-state index in [-0.39, 0.29) is 11.4 Å². The number of rotatable bonds is 3.